The lowest BCUT2D eigenvalue weighted by molar-refractivity contribution is 0.102. The van der Waals surface area contributed by atoms with Crippen LogP contribution in [-0.2, 0) is 12.1 Å². The van der Waals surface area contributed by atoms with E-state index in [0.717, 1.165) is 16.6 Å². The first-order valence-electron chi connectivity index (χ1n) is 9.05. The van der Waals surface area contributed by atoms with Gasteiger partial charge in [0.05, 0.1) is 28.6 Å². The van der Waals surface area contributed by atoms with Gasteiger partial charge in [-0.3, -0.25) is 9.89 Å². The molecule has 7 heteroatoms. The summed E-state index contributed by atoms with van der Waals surface area (Å²) in [7, 11) is 0. The molecule has 0 fully saturated rings. The molecular weight excluding hydrogens is 352 g/mol. The first kappa shape index (κ1) is 17.9. The summed E-state index contributed by atoms with van der Waals surface area (Å²) in [5, 5.41) is 9.78. The largest absolute Gasteiger partial charge is 0.326 e. The molecule has 7 nitrogen and oxygen atoms in total. The standard InChI is InChI=1S/C21H22N6O/c1-21(2,22)19-11-17(25-26-19)20(28)24-15-7-5-6-14(10-15)12-27-13-23-16-8-3-4-9-18(16)27/h3-11,13H,12,22H2,1-2H3,(H,24,28)(H,25,26). The predicted molar refractivity (Wildman–Crippen MR) is 109 cm³/mol. The highest BCUT2D eigenvalue weighted by Crippen LogP contribution is 2.18. The lowest BCUT2D eigenvalue weighted by Crippen LogP contribution is -2.29. The fraction of sp³-hybridized carbons (Fsp3) is 0.190. The number of nitrogens with zero attached hydrogens (tertiary/aromatic N) is 3. The number of carbonyl (C=O) groups excluding carboxylic acids is 1. The summed E-state index contributed by atoms with van der Waals surface area (Å²) >= 11 is 0. The number of hydrogen-bond acceptors (Lipinski definition) is 4. The average molecular weight is 374 g/mol. The minimum absolute atomic E-state index is 0.281. The van der Waals surface area contributed by atoms with Crippen LogP contribution in [0.2, 0.25) is 0 Å². The van der Waals surface area contributed by atoms with Gasteiger partial charge in [0, 0.05) is 12.2 Å². The Balaban J connectivity index is 1.51. The van der Waals surface area contributed by atoms with Gasteiger partial charge >= 0.3 is 0 Å². The fourth-order valence-electron chi connectivity index (χ4n) is 3.04. The van der Waals surface area contributed by atoms with Crippen LogP contribution in [0, 0.1) is 0 Å². The van der Waals surface area contributed by atoms with E-state index < -0.39 is 5.54 Å². The number of imidazole rings is 1. The van der Waals surface area contributed by atoms with Crippen molar-refractivity contribution in [1.82, 2.24) is 19.7 Å². The van der Waals surface area contributed by atoms with Gasteiger partial charge in [-0.25, -0.2) is 4.98 Å². The van der Waals surface area contributed by atoms with Gasteiger partial charge in [-0.1, -0.05) is 24.3 Å². The first-order chi connectivity index (χ1) is 13.4. The fourth-order valence-corrected chi connectivity index (χ4v) is 3.04. The van der Waals surface area contributed by atoms with Crippen LogP contribution >= 0.6 is 0 Å². The van der Waals surface area contributed by atoms with Gasteiger partial charge in [0.2, 0.25) is 0 Å². The van der Waals surface area contributed by atoms with Gasteiger partial charge in [-0.2, -0.15) is 5.10 Å². The lowest BCUT2D eigenvalue weighted by Gasteiger charge is -2.14. The molecule has 2 aromatic carbocycles. The topological polar surface area (TPSA) is 102 Å². The number of para-hydroxylation sites is 2. The Morgan fingerprint density at radius 3 is 2.79 bits per heavy atom. The van der Waals surface area contributed by atoms with Crippen molar-refractivity contribution in [3.63, 3.8) is 0 Å². The van der Waals surface area contributed by atoms with E-state index in [-0.39, 0.29) is 5.91 Å². The number of fused-ring (bicyclic) bond motifs is 1. The van der Waals surface area contributed by atoms with Crippen LogP contribution in [0.4, 0.5) is 5.69 Å². The molecule has 28 heavy (non-hydrogen) atoms. The highest BCUT2D eigenvalue weighted by Gasteiger charge is 2.19. The smallest absolute Gasteiger partial charge is 0.276 e. The van der Waals surface area contributed by atoms with Gasteiger partial charge < -0.3 is 15.6 Å². The third-order valence-corrected chi connectivity index (χ3v) is 4.57. The van der Waals surface area contributed by atoms with Crippen molar-refractivity contribution < 1.29 is 4.79 Å². The van der Waals surface area contributed by atoms with Gasteiger partial charge in [-0.15, -0.1) is 0 Å². The SMILES string of the molecule is CC(C)(N)c1cc(C(=O)Nc2cccc(Cn3cnc4ccccc43)c2)n[nH]1. The second-order valence-corrected chi connectivity index (χ2v) is 7.40. The molecule has 142 valence electrons. The highest BCUT2D eigenvalue weighted by molar-refractivity contribution is 6.03. The van der Waals surface area contributed by atoms with Crippen molar-refractivity contribution in [1.29, 1.82) is 0 Å². The maximum Gasteiger partial charge on any atom is 0.276 e. The zero-order chi connectivity index (χ0) is 19.7. The molecule has 0 unspecified atom stereocenters. The molecule has 0 saturated carbocycles. The van der Waals surface area contributed by atoms with Crippen LogP contribution in [0.15, 0.2) is 60.9 Å². The maximum atomic E-state index is 12.5. The van der Waals surface area contributed by atoms with Gasteiger partial charge in [0.25, 0.3) is 5.91 Å². The highest BCUT2D eigenvalue weighted by atomic mass is 16.1. The van der Waals surface area contributed by atoms with Crippen molar-refractivity contribution in [3.05, 3.63) is 77.9 Å². The first-order valence-corrected chi connectivity index (χ1v) is 9.05. The zero-order valence-corrected chi connectivity index (χ0v) is 15.8. The summed E-state index contributed by atoms with van der Waals surface area (Å²) in [4.78, 5) is 16.9. The predicted octanol–water partition coefficient (Wildman–Crippen LogP) is 3.25. The zero-order valence-electron chi connectivity index (χ0n) is 15.8. The number of H-pyrrole nitrogens is 1. The molecule has 0 radical (unpaired) electrons. The summed E-state index contributed by atoms with van der Waals surface area (Å²) in [5.74, 6) is -0.281. The number of carbonyl (C=O) groups is 1. The van der Waals surface area contributed by atoms with Crippen molar-refractivity contribution in [2.75, 3.05) is 5.32 Å². The normalized spacial score (nSPS) is 11.7. The molecular formula is C21H22N6O. The quantitative estimate of drug-likeness (QED) is 0.499. The number of nitrogens with two attached hydrogens (primary N) is 1. The number of anilines is 1. The van der Waals surface area contributed by atoms with Crippen molar-refractivity contribution in [2.24, 2.45) is 5.73 Å². The lowest BCUT2D eigenvalue weighted by atomic mass is 10.0. The maximum absolute atomic E-state index is 12.5. The number of benzene rings is 2. The summed E-state index contributed by atoms with van der Waals surface area (Å²) in [6.45, 7) is 4.37. The van der Waals surface area contributed by atoms with Crippen LogP contribution in [0.25, 0.3) is 11.0 Å². The molecule has 2 heterocycles. The van der Waals surface area contributed by atoms with Crippen LogP contribution in [0.3, 0.4) is 0 Å². The van der Waals surface area contributed by atoms with E-state index in [1.807, 2.05) is 68.7 Å². The van der Waals surface area contributed by atoms with Gasteiger partial charge in [-0.05, 0) is 49.7 Å². The molecule has 4 rings (SSSR count). The van der Waals surface area contributed by atoms with E-state index in [4.69, 9.17) is 5.73 Å². The Morgan fingerprint density at radius 2 is 2.00 bits per heavy atom. The van der Waals surface area contributed by atoms with Crippen molar-refractivity contribution >= 4 is 22.6 Å². The van der Waals surface area contributed by atoms with Gasteiger partial charge in [0.1, 0.15) is 0 Å². The Hall–Kier alpha value is -3.45. The monoisotopic (exact) mass is 374 g/mol. The van der Waals surface area contributed by atoms with E-state index >= 15 is 0 Å². The van der Waals surface area contributed by atoms with Gasteiger partial charge in [0.15, 0.2) is 5.69 Å². The second kappa shape index (κ2) is 6.94. The Kier molecular flexibility index (Phi) is 4.44. The number of aromatic amines is 1. The van der Waals surface area contributed by atoms with E-state index in [9.17, 15) is 4.79 Å². The van der Waals surface area contributed by atoms with Crippen LogP contribution in [0.5, 0.6) is 0 Å². The van der Waals surface area contributed by atoms with Crippen LogP contribution < -0.4 is 11.1 Å². The summed E-state index contributed by atoms with van der Waals surface area (Å²) in [6, 6.07) is 17.4. The molecule has 0 spiro atoms. The Labute approximate surface area is 162 Å². The molecule has 2 aromatic heterocycles. The second-order valence-electron chi connectivity index (χ2n) is 7.40. The molecule has 4 N–H and O–H groups in total. The molecule has 0 saturated heterocycles. The number of aromatic nitrogens is 4. The Bertz CT molecular complexity index is 1130. The minimum Gasteiger partial charge on any atom is -0.326 e. The minimum atomic E-state index is -0.584. The van der Waals surface area contributed by atoms with Crippen LogP contribution in [0.1, 0.15) is 35.6 Å². The number of hydrogen-bond donors (Lipinski definition) is 3. The number of rotatable bonds is 5. The molecule has 0 aliphatic heterocycles. The number of nitrogens with one attached hydrogen (secondary N) is 2. The number of amides is 1. The van der Waals surface area contributed by atoms with E-state index in [1.165, 1.54) is 0 Å². The summed E-state index contributed by atoms with van der Waals surface area (Å²) in [5.41, 5.74) is 10.3. The average Bonchev–Trinajstić information content (AvgIpc) is 3.30. The summed E-state index contributed by atoms with van der Waals surface area (Å²) in [6.07, 6.45) is 1.83. The third-order valence-electron chi connectivity index (χ3n) is 4.57. The Morgan fingerprint density at radius 1 is 1.18 bits per heavy atom. The third kappa shape index (κ3) is 3.65. The van der Waals surface area contributed by atoms with E-state index in [1.54, 1.807) is 6.07 Å². The molecule has 1 amide bonds. The van der Waals surface area contributed by atoms with Crippen LogP contribution in [-0.4, -0.2) is 25.7 Å². The van der Waals surface area contributed by atoms with E-state index in [0.29, 0.717) is 23.6 Å². The summed E-state index contributed by atoms with van der Waals surface area (Å²) < 4.78 is 2.08. The molecule has 0 aliphatic rings. The van der Waals surface area contributed by atoms with Crippen molar-refractivity contribution in [3.8, 4) is 0 Å². The van der Waals surface area contributed by atoms with Crippen molar-refractivity contribution in [2.45, 2.75) is 25.9 Å². The molecule has 0 bridgehead atoms. The molecule has 4 aromatic rings. The molecule has 0 aliphatic carbocycles. The van der Waals surface area contributed by atoms with E-state index in [2.05, 4.69) is 25.1 Å². The molecule has 0 atom stereocenters.